The van der Waals surface area contributed by atoms with Crippen LogP contribution in [0.3, 0.4) is 0 Å². The van der Waals surface area contributed by atoms with Gasteiger partial charge in [-0.15, -0.1) is 0 Å². The van der Waals surface area contributed by atoms with E-state index < -0.39 is 0 Å². The number of nitrogens with one attached hydrogen (secondary N) is 1. The van der Waals surface area contributed by atoms with Crippen LogP contribution in [0.15, 0.2) is 36.7 Å². The molecule has 3 rings (SSSR count). The van der Waals surface area contributed by atoms with Crippen molar-refractivity contribution in [1.29, 1.82) is 0 Å². The normalized spacial score (nSPS) is 15.8. The van der Waals surface area contributed by atoms with Crippen molar-refractivity contribution in [2.24, 2.45) is 5.73 Å². The summed E-state index contributed by atoms with van der Waals surface area (Å²) in [6.07, 6.45) is 2.95. The summed E-state index contributed by atoms with van der Waals surface area (Å²) in [5.41, 5.74) is 7.70. The largest absolute Gasteiger partial charge is 0.393 e. The number of aromatic nitrogens is 2. The van der Waals surface area contributed by atoms with Gasteiger partial charge in [-0.05, 0) is 30.5 Å². The lowest BCUT2D eigenvalue weighted by Crippen LogP contribution is -2.36. The van der Waals surface area contributed by atoms with Crippen LogP contribution in [-0.4, -0.2) is 34.3 Å². The predicted molar refractivity (Wildman–Crippen MR) is 87.1 cm³/mol. The summed E-state index contributed by atoms with van der Waals surface area (Å²) in [6, 6.07) is 9.90. The van der Waals surface area contributed by atoms with Gasteiger partial charge in [0.1, 0.15) is 18.0 Å². The molecule has 0 aliphatic carbocycles. The molecule has 0 unspecified atom stereocenters. The van der Waals surface area contributed by atoms with Crippen molar-refractivity contribution in [3.8, 4) is 0 Å². The van der Waals surface area contributed by atoms with Gasteiger partial charge in [0.05, 0.1) is 6.10 Å². The van der Waals surface area contributed by atoms with Crippen LogP contribution in [0.1, 0.15) is 18.4 Å². The minimum absolute atomic E-state index is 0.185. The van der Waals surface area contributed by atoms with Crippen LogP contribution in [0.2, 0.25) is 0 Å². The van der Waals surface area contributed by atoms with Crippen LogP contribution in [0.25, 0.3) is 0 Å². The number of anilines is 3. The average Bonchev–Trinajstić information content (AvgIpc) is 2.56. The molecule has 1 aromatic heterocycles. The molecule has 1 fully saturated rings. The Bertz CT molecular complexity index is 625. The van der Waals surface area contributed by atoms with Gasteiger partial charge in [-0.25, -0.2) is 9.97 Å². The number of hydrogen-bond acceptors (Lipinski definition) is 6. The first-order valence-electron chi connectivity index (χ1n) is 7.55. The van der Waals surface area contributed by atoms with Crippen LogP contribution >= 0.6 is 0 Å². The SMILES string of the molecule is NCc1cccc(Nc2cc(N3CCC(O)CC3)ncn2)c1. The first kappa shape index (κ1) is 14.7. The highest BCUT2D eigenvalue weighted by Crippen LogP contribution is 2.22. The minimum Gasteiger partial charge on any atom is -0.393 e. The molecule has 1 aliphatic rings. The standard InChI is InChI=1S/C16H21N5O/c17-10-12-2-1-3-13(8-12)20-15-9-16(19-11-18-15)21-6-4-14(22)5-7-21/h1-3,8-9,11,14,22H,4-7,10,17H2,(H,18,19,20). The first-order chi connectivity index (χ1) is 10.7. The lowest BCUT2D eigenvalue weighted by Gasteiger charge is -2.30. The van der Waals surface area contributed by atoms with E-state index in [9.17, 15) is 5.11 Å². The molecule has 0 bridgehead atoms. The van der Waals surface area contributed by atoms with Gasteiger partial charge in [-0.1, -0.05) is 12.1 Å². The molecule has 0 atom stereocenters. The van der Waals surface area contributed by atoms with E-state index in [0.29, 0.717) is 6.54 Å². The molecular weight excluding hydrogens is 278 g/mol. The predicted octanol–water partition coefficient (Wildman–Crippen LogP) is 1.64. The molecular formula is C16H21N5O. The Morgan fingerprint density at radius 2 is 2.05 bits per heavy atom. The Hall–Kier alpha value is -2.18. The van der Waals surface area contributed by atoms with Crippen molar-refractivity contribution >= 4 is 17.3 Å². The average molecular weight is 299 g/mol. The second-order valence-corrected chi connectivity index (χ2v) is 5.51. The van der Waals surface area contributed by atoms with E-state index in [1.807, 2.05) is 30.3 Å². The van der Waals surface area contributed by atoms with E-state index in [1.54, 1.807) is 6.33 Å². The maximum Gasteiger partial charge on any atom is 0.135 e. The van der Waals surface area contributed by atoms with Crippen molar-refractivity contribution in [3.05, 3.63) is 42.2 Å². The summed E-state index contributed by atoms with van der Waals surface area (Å²) in [4.78, 5) is 10.8. The fraction of sp³-hybridized carbons (Fsp3) is 0.375. The summed E-state index contributed by atoms with van der Waals surface area (Å²) in [5, 5.41) is 12.9. The number of rotatable bonds is 4. The Balaban J connectivity index is 1.73. The van der Waals surface area contributed by atoms with Crippen LogP contribution in [-0.2, 0) is 6.54 Å². The second kappa shape index (κ2) is 6.72. The van der Waals surface area contributed by atoms with Crippen LogP contribution in [0.4, 0.5) is 17.3 Å². The number of piperidine rings is 1. The fourth-order valence-corrected chi connectivity index (χ4v) is 2.61. The zero-order chi connectivity index (χ0) is 15.4. The topological polar surface area (TPSA) is 87.3 Å². The Morgan fingerprint density at radius 3 is 2.82 bits per heavy atom. The van der Waals surface area contributed by atoms with E-state index >= 15 is 0 Å². The Labute approximate surface area is 130 Å². The van der Waals surface area contributed by atoms with E-state index in [2.05, 4.69) is 20.2 Å². The number of hydrogen-bond donors (Lipinski definition) is 3. The van der Waals surface area contributed by atoms with E-state index in [4.69, 9.17) is 5.73 Å². The molecule has 1 aromatic carbocycles. The molecule has 0 radical (unpaired) electrons. The highest BCUT2D eigenvalue weighted by molar-refractivity contribution is 5.60. The molecule has 1 saturated heterocycles. The smallest absolute Gasteiger partial charge is 0.135 e. The van der Waals surface area contributed by atoms with Gasteiger partial charge < -0.3 is 21.1 Å². The molecule has 0 saturated carbocycles. The third kappa shape index (κ3) is 3.52. The van der Waals surface area contributed by atoms with Gasteiger partial charge in [0.25, 0.3) is 0 Å². The molecule has 6 heteroatoms. The van der Waals surface area contributed by atoms with Gasteiger partial charge in [-0.3, -0.25) is 0 Å². The maximum atomic E-state index is 9.59. The fourth-order valence-electron chi connectivity index (χ4n) is 2.61. The van der Waals surface area contributed by atoms with Gasteiger partial charge in [0, 0.05) is 31.4 Å². The third-order valence-corrected chi connectivity index (χ3v) is 3.88. The Morgan fingerprint density at radius 1 is 1.23 bits per heavy atom. The van der Waals surface area contributed by atoms with Crippen molar-refractivity contribution in [2.75, 3.05) is 23.3 Å². The summed E-state index contributed by atoms with van der Waals surface area (Å²) >= 11 is 0. The lowest BCUT2D eigenvalue weighted by atomic mass is 10.1. The molecule has 1 aliphatic heterocycles. The Kier molecular flexibility index (Phi) is 4.50. The van der Waals surface area contributed by atoms with Crippen molar-refractivity contribution in [2.45, 2.75) is 25.5 Å². The second-order valence-electron chi connectivity index (χ2n) is 5.51. The van der Waals surface area contributed by atoms with Crippen LogP contribution < -0.4 is 16.0 Å². The van der Waals surface area contributed by atoms with Gasteiger partial charge in [0.2, 0.25) is 0 Å². The lowest BCUT2D eigenvalue weighted by molar-refractivity contribution is 0.145. The quantitative estimate of drug-likeness (QED) is 0.795. The molecule has 0 spiro atoms. The van der Waals surface area contributed by atoms with Crippen LogP contribution in [0.5, 0.6) is 0 Å². The van der Waals surface area contributed by atoms with Crippen molar-refractivity contribution in [3.63, 3.8) is 0 Å². The maximum absolute atomic E-state index is 9.59. The number of nitrogens with zero attached hydrogens (tertiary/aromatic N) is 3. The first-order valence-corrected chi connectivity index (χ1v) is 7.55. The van der Waals surface area contributed by atoms with Gasteiger partial charge >= 0.3 is 0 Å². The van der Waals surface area contributed by atoms with Gasteiger partial charge in [0.15, 0.2) is 0 Å². The zero-order valence-corrected chi connectivity index (χ0v) is 12.4. The molecule has 116 valence electrons. The number of aliphatic hydroxyl groups excluding tert-OH is 1. The third-order valence-electron chi connectivity index (χ3n) is 3.88. The number of nitrogens with two attached hydrogens (primary N) is 1. The monoisotopic (exact) mass is 299 g/mol. The summed E-state index contributed by atoms with van der Waals surface area (Å²) in [7, 11) is 0. The summed E-state index contributed by atoms with van der Waals surface area (Å²) in [5.74, 6) is 1.64. The van der Waals surface area contributed by atoms with E-state index in [0.717, 1.165) is 48.8 Å². The number of benzene rings is 1. The minimum atomic E-state index is -0.185. The summed E-state index contributed by atoms with van der Waals surface area (Å²) in [6.45, 7) is 2.15. The van der Waals surface area contributed by atoms with Crippen LogP contribution in [0, 0.1) is 0 Å². The number of aliphatic hydroxyl groups is 1. The zero-order valence-electron chi connectivity index (χ0n) is 12.4. The molecule has 4 N–H and O–H groups in total. The highest BCUT2D eigenvalue weighted by Gasteiger charge is 2.18. The molecule has 6 nitrogen and oxygen atoms in total. The molecule has 2 heterocycles. The van der Waals surface area contributed by atoms with E-state index in [-0.39, 0.29) is 6.10 Å². The van der Waals surface area contributed by atoms with Crippen molar-refractivity contribution in [1.82, 2.24) is 9.97 Å². The van der Waals surface area contributed by atoms with Crippen molar-refractivity contribution < 1.29 is 5.11 Å². The van der Waals surface area contributed by atoms with E-state index in [1.165, 1.54) is 0 Å². The van der Waals surface area contributed by atoms with Gasteiger partial charge in [-0.2, -0.15) is 0 Å². The highest BCUT2D eigenvalue weighted by atomic mass is 16.3. The molecule has 22 heavy (non-hydrogen) atoms. The molecule has 2 aromatic rings. The molecule has 0 amide bonds. The summed E-state index contributed by atoms with van der Waals surface area (Å²) < 4.78 is 0.